The highest BCUT2D eigenvalue weighted by Gasteiger charge is 2.04. The molecule has 3 nitrogen and oxygen atoms in total. The Bertz CT molecular complexity index is 453. The van der Waals surface area contributed by atoms with Crippen molar-refractivity contribution in [2.24, 2.45) is 0 Å². The summed E-state index contributed by atoms with van der Waals surface area (Å²) < 4.78 is 26.7. The van der Waals surface area contributed by atoms with E-state index in [9.17, 15) is 8.42 Å². The topological polar surface area (TPSA) is 43.4 Å². The summed E-state index contributed by atoms with van der Waals surface area (Å²) in [7, 11) is 1.66. The first-order valence-corrected chi connectivity index (χ1v) is 8.11. The van der Waals surface area contributed by atoms with Crippen LogP contribution in [0.3, 0.4) is 0 Å². The molecule has 0 amide bonds. The largest absolute Gasteiger partial charge is 0.493 e. The summed E-state index contributed by atoms with van der Waals surface area (Å²) in [6.45, 7) is 0.392. The van der Waals surface area contributed by atoms with Crippen molar-refractivity contribution in [3.8, 4) is 5.75 Å². The van der Waals surface area contributed by atoms with Crippen LogP contribution in [0, 0.1) is 0 Å². The number of unbranched alkanes of at least 4 members (excludes halogenated alkanes) is 1. The summed E-state index contributed by atoms with van der Waals surface area (Å²) in [6, 6.07) is 4.90. The Morgan fingerprint density at radius 1 is 1.06 bits per heavy atom. The van der Waals surface area contributed by atoms with Crippen LogP contribution >= 0.6 is 33.9 Å². The van der Waals surface area contributed by atoms with Gasteiger partial charge in [-0.05, 0) is 31.0 Å². The van der Waals surface area contributed by atoms with E-state index in [0.717, 1.165) is 0 Å². The maximum absolute atomic E-state index is 10.6. The van der Waals surface area contributed by atoms with E-state index in [4.69, 9.17) is 38.6 Å². The quantitative estimate of drug-likeness (QED) is 0.593. The maximum atomic E-state index is 10.6. The fraction of sp³-hybridized carbons (Fsp3) is 0.400. The van der Waals surface area contributed by atoms with Gasteiger partial charge in [0.1, 0.15) is 5.75 Å². The molecular formula is C10H11Cl3O3S. The lowest BCUT2D eigenvalue weighted by atomic mass is 10.3. The fourth-order valence-corrected chi connectivity index (χ4v) is 2.56. The molecule has 0 atom stereocenters. The van der Waals surface area contributed by atoms with Gasteiger partial charge in [0.25, 0.3) is 0 Å². The van der Waals surface area contributed by atoms with E-state index in [0.29, 0.717) is 35.2 Å². The Kier molecular flexibility index (Phi) is 5.86. The van der Waals surface area contributed by atoms with Crippen molar-refractivity contribution in [1.82, 2.24) is 0 Å². The second kappa shape index (κ2) is 6.69. The third-order valence-corrected chi connectivity index (χ3v) is 3.56. The summed E-state index contributed by atoms with van der Waals surface area (Å²) in [5.41, 5.74) is 0. The van der Waals surface area contributed by atoms with Crippen LogP contribution in [-0.2, 0) is 9.05 Å². The highest BCUT2D eigenvalue weighted by molar-refractivity contribution is 8.13. The minimum absolute atomic E-state index is 0.0474. The molecule has 1 rings (SSSR count). The van der Waals surface area contributed by atoms with Crippen LogP contribution in [0.2, 0.25) is 10.0 Å². The zero-order valence-corrected chi connectivity index (χ0v) is 11.9. The standard InChI is InChI=1S/C10H11Cl3O3S/c11-8-5-9(12)7-10(6-8)16-3-1-2-4-17(13,14)15/h5-7H,1-4H2. The van der Waals surface area contributed by atoms with Gasteiger partial charge in [-0.15, -0.1) is 0 Å². The summed E-state index contributed by atoms with van der Waals surface area (Å²) in [4.78, 5) is 0. The Morgan fingerprint density at radius 3 is 2.18 bits per heavy atom. The molecule has 1 aromatic rings. The minimum Gasteiger partial charge on any atom is -0.493 e. The highest BCUT2D eigenvalue weighted by Crippen LogP contribution is 2.24. The van der Waals surface area contributed by atoms with E-state index in [1.807, 2.05) is 0 Å². The molecule has 96 valence electrons. The van der Waals surface area contributed by atoms with Crippen molar-refractivity contribution in [2.75, 3.05) is 12.4 Å². The van der Waals surface area contributed by atoms with Gasteiger partial charge in [0, 0.05) is 20.7 Å². The number of hydrogen-bond donors (Lipinski definition) is 0. The number of rotatable bonds is 6. The molecule has 0 fully saturated rings. The SMILES string of the molecule is O=S(=O)(Cl)CCCCOc1cc(Cl)cc(Cl)c1. The van der Waals surface area contributed by atoms with Gasteiger partial charge in [-0.3, -0.25) is 0 Å². The van der Waals surface area contributed by atoms with Crippen molar-refractivity contribution in [3.63, 3.8) is 0 Å². The predicted octanol–water partition coefficient (Wildman–Crippen LogP) is 3.72. The molecule has 0 saturated carbocycles. The zero-order chi connectivity index (χ0) is 12.9. The lowest BCUT2D eigenvalue weighted by Gasteiger charge is -2.06. The molecule has 0 aliphatic heterocycles. The third kappa shape index (κ3) is 6.99. The van der Waals surface area contributed by atoms with Crippen LogP contribution in [0.5, 0.6) is 5.75 Å². The number of benzene rings is 1. The Balaban J connectivity index is 2.31. The number of ether oxygens (including phenoxy) is 1. The smallest absolute Gasteiger partial charge is 0.232 e. The van der Waals surface area contributed by atoms with Gasteiger partial charge in [0.2, 0.25) is 9.05 Å². The van der Waals surface area contributed by atoms with E-state index in [1.54, 1.807) is 18.2 Å². The third-order valence-electron chi connectivity index (χ3n) is 1.89. The molecule has 0 saturated heterocycles. The first-order valence-electron chi connectivity index (χ1n) is 4.88. The molecule has 17 heavy (non-hydrogen) atoms. The second-order valence-corrected chi connectivity index (χ2v) is 7.17. The van der Waals surface area contributed by atoms with Crippen LogP contribution in [0.4, 0.5) is 0 Å². The van der Waals surface area contributed by atoms with Crippen LogP contribution in [0.25, 0.3) is 0 Å². The molecule has 0 bridgehead atoms. The van der Waals surface area contributed by atoms with Gasteiger partial charge < -0.3 is 4.74 Å². The van der Waals surface area contributed by atoms with Crippen molar-refractivity contribution in [3.05, 3.63) is 28.2 Å². The van der Waals surface area contributed by atoms with E-state index < -0.39 is 9.05 Å². The van der Waals surface area contributed by atoms with E-state index in [-0.39, 0.29) is 5.75 Å². The van der Waals surface area contributed by atoms with Gasteiger partial charge in [0.05, 0.1) is 12.4 Å². The molecule has 0 unspecified atom stereocenters. The minimum atomic E-state index is -3.41. The summed E-state index contributed by atoms with van der Waals surface area (Å²) >= 11 is 11.6. The lowest BCUT2D eigenvalue weighted by molar-refractivity contribution is 0.309. The molecule has 1 aromatic carbocycles. The molecule has 0 aromatic heterocycles. The molecule has 0 radical (unpaired) electrons. The van der Waals surface area contributed by atoms with E-state index >= 15 is 0 Å². The van der Waals surface area contributed by atoms with Gasteiger partial charge in [-0.25, -0.2) is 8.42 Å². The van der Waals surface area contributed by atoms with Crippen molar-refractivity contribution >= 4 is 42.9 Å². The second-order valence-electron chi connectivity index (χ2n) is 3.40. The summed E-state index contributed by atoms with van der Waals surface area (Å²) in [5, 5.41) is 0.992. The normalized spacial score (nSPS) is 11.5. The molecule has 7 heteroatoms. The average molecular weight is 318 g/mol. The number of halogens is 3. The van der Waals surface area contributed by atoms with E-state index in [1.165, 1.54) is 0 Å². The maximum Gasteiger partial charge on any atom is 0.232 e. The van der Waals surface area contributed by atoms with Crippen LogP contribution in [0.15, 0.2) is 18.2 Å². The zero-order valence-electron chi connectivity index (χ0n) is 8.83. The molecular weight excluding hydrogens is 307 g/mol. The van der Waals surface area contributed by atoms with Crippen molar-refractivity contribution in [1.29, 1.82) is 0 Å². The fourth-order valence-electron chi connectivity index (χ4n) is 1.18. The van der Waals surface area contributed by atoms with Crippen molar-refractivity contribution in [2.45, 2.75) is 12.8 Å². The van der Waals surface area contributed by atoms with Crippen LogP contribution < -0.4 is 4.74 Å². The lowest BCUT2D eigenvalue weighted by Crippen LogP contribution is -2.02. The Hall–Kier alpha value is -0.160. The molecule has 0 aliphatic rings. The summed E-state index contributed by atoms with van der Waals surface area (Å²) in [5.74, 6) is 0.519. The van der Waals surface area contributed by atoms with Gasteiger partial charge in [-0.2, -0.15) is 0 Å². The Morgan fingerprint density at radius 2 is 1.65 bits per heavy atom. The van der Waals surface area contributed by atoms with Crippen molar-refractivity contribution < 1.29 is 13.2 Å². The predicted molar refractivity (Wildman–Crippen MR) is 70.8 cm³/mol. The average Bonchev–Trinajstić information content (AvgIpc) is 2.13. The number of hydrogen-bond acceptors (Lipinski definition) is 3. The molecule has 0 aliphatic carbocycles. The molecule has 0 heterocycles. The van der Waals surface area contributed by atoms with Crippen LogP contribution in [0.1, 0.15) is 12.8 Å². The van der Waals surface area contributed by atoms with Gasteiger partial charge >= 0.3 is 0 Å². The first-order chi connectivity index (χ1) is 7.87. The summed E-state index contributed by atoms with van der Waals surface area (Å²) in [6.07, 6.45) is 1.05. The van der Waals surface area contributed by atoms with Gasteiger partial charge in [0.15, 0.2) is 0 Å². The molecule has 0 N–H and O–H groups in total. The highest BCUT2D eigenvalue weighted by atomic mass is 35.7. The Labute approximate surface area is 115 Å². The van der Waals surface area contributed by atoms with Gasteiger partial charge in [-0.1, -0.05) is 23.2 Å². The molecule has 0 spiro atoms. The monoisotopic (exact) mass is 316 g/mol. The van der Waals surface area contributed by atoms with Crippen LogP contribution in [-0.4, -0.2) is 20.8 Å². The van der Waals surface area contributed by atoms with E-state index in [2.05, 4.69) is 0 Å². The first kappa shape index (κ1) is 14.9.